The Balaban J connectivity index is 2.57. The van der Waals surface area contributed by atoms with Crippen molar-refractivity contribution in [3.05, 3.63) is 33.5 Å². The maximum absolute atomic E-state index is 11.4. The van der Waals surface area contributed by atoms with Gasteiger partial charge in [-0.25, -0.2) is 0 Å². The van der Waals surface area contributed by atoms with Crippen LogP contribution in [0.15, 0.2) is 33.5 Å². The van der Waals surface area contributed by atoms with Crippen LogP contribution in [-0.2, 0) is 9.59 Å². The Bertz CT molecular complexity index is 429. The normalized spacial score (nSPS) is 21.3. The zero-order valence-corrected chi connectivity index (χ0v) is 9.14. The second-order valence-electron chi connectivity index (χ2n) is 3.31. The first kappa shape index (κ1) is 9.40. The summed E-state index contributed by atoms with van der Waals surface area (Å²) in [5, 5.41) is 2.58. The first-order valence-electron chi connectivity index (χ1n) is 4.22. The molecule has 1 amide bonds. The maximum atomic E-state index is 11.4. The topological polar surface area (TPSA) is 46.2 Å². The van der Waals surface area contributed by atoms with Crippen LogP contribution in [0, 0.1) is 0 Å². The molecular weight excluding hydrogens is 246 g/mol. The molecule has 0 saturated carbocycles. The highest BCUT2D eigenvalue weighted by molar-refractivity contribution is 9.11. The SMILES string of the molecule is CC1=C2NC(=O)C(=O)C2=CC=C(Br)C1. The minimum Gasteiger partial charge on any atom is -0.318 e. The van der Waals surface area contributed by atoms with Crippen LogP contribution in [0.25, 0.3) is 0 Å². The van der Waals surface area contributed by atoms with Crippen LogP contribution < -0.4 is 5.32 Å². The third kappa shape index (κ3) is 1.35. The summed E-state index contributed by atoms with van der Waals surface area (Å²) in [5.41, 5.74) is 2.14. The molecule has 0 radical (unpaired) electrons. The molecule has 14 heavy (non-hydrogen) atoms. The van der Waals surface area contributed by atoms with Gasteiger partial charge >= 0.3 is 0 Å². The van der Waals surface area contributed by atoms with Crippen LogP contribution in [-0.4, -0.2) is 11.7 Å². The van der Waals surface area contributed by atoms with Crippen molar-refractivity contribution in [3.8, 4) is 0 Å². The quantitative estimate of drug-likeness (QED) is 0.667. The number of hydrogen-bond acceptors (Lipinski definition) is 2. The third-order valence-electron chi connectivity index (χ3n) is 2.25. The van der Waals surface area contributed by atoms with Gasteiger partial charge in [-0.1, -0.05) is 22.0 Å². The molecule has 0 unspecified atom stereocenters. The molecule has 2 aliphatic rings. The van der Waals surface area contributed by atoms with E-state index in [0.717, 1.165) is 16.5 Å². The van der Waals surface area contributed by atoms with Crippen LogP contribution in [0.4, 0.5) is 0 Å². The standard InChI is InChI=1S/C10H8BrNO2/c1-5-4-6(11)2-3-7-8(5)12-10(14)9(7)13/h2-3H,4H2,1H3,(H,12,14). The van der Waals surface area contributed by atoms with E-state index in [1.807, 2.05) is 13.0 Å². The summed E-state index contributed by atoms with van der Waals surface area (Å²) in [6, 6.07) is 0. The Labute approximate surface area is 89.7 Å². The number of hydrogen-bond donors (Lipinski definition) is 1. The molecule has 1 heterocycles. The summed E-state index contributed by atoms with van der Waals surface area (Å²) in [6.45, 7) is 1.91. The number of carbonyl (C=O) groups is 2. The first-order chi connectivity index (χ1) is 6.59. The fraction of sp³-hybridized carbons (Fsp3) is 0.200. The van der Waals surface area contributed by atoms with Crippen LogP contribution in [0.2, 0.25) is 0 Å². The lowest BCUT2D eigenvalue weighted by atomic mass is 10.1. The minimum atomic E-state index is -0.531. The smallest absolute Gasteiger partial charge is 0.296 e. The number of Topliss-reactive ketones (excluding diaryl/α,β-unsaturated/α-hetero) is 1. The van der Waals surface area contributed by atoms with Crippen molar-refractivity contribution in [3.63, 3.8) is 0 Å². The second kappa shape index (κ2) is 3.20. The predicted molar refractivity (Wildman–Crippen MR) is 55.6 cm³/mol. The molecule has 1 N–H and O–H groups in total. The number of allylic oxidation sites excluding steroid dienone is 5. The number of ketones is 1. The van der Waals surface area contributed by atoms with Gasteiger partial charge in [0, 0.05) is 6.42 Å². The Hall–Kier alpha value is -1.16. The minimum absolute atomic E-state index is 0.446. The molecule has 0 spiro atoms. The number of nitrogens with one attached hydrogen (secondary N) is 1. The van der Waals surface area contributed by atoms with Crippen molar-refractivity contribution >= 4 is 27.6 Å². The summed E-state index contributed by atoms with van der Waals surface area (Å²) in [6.07, 6.45) is 4.21. The number of fused-ring (bicyclic) bond motifs is 1. The Morgan fingerprint density at radius 3 is 2.79 bits per heavy atom. The van der Waals surface area contributed by atoms with E-state index in [4.69, 9.17) is 0 Å². The van der Waals surface area contributed by atoms with Crippen molar-refractivity contribution in [2.45, 2.75) is 13.3 Å². The summed E-state index contributed by atoms with van der Waals surface area (Å²) in [7, 11) is 0. The highest BCUT2D eigenvalue weighted by Crippen LogP contribution is 2.28. The Morgan fingerprint density at radius 1 is 1.36 bits per heavy atom. The monoisotopic (exact) mass is 253 g/mol. The van der Waals surface area contributed by atoms with Crippen molar-refractivity contribution in [1.82, 2.24) is 5.32 Å². The van der Waals surface area contributed by atoms with Gasteiger partial charge in [-0.3, -0.25) is 9.59 Å². The van der Waals surface area contributed by atoms with Gasteiger partial charge in [0.05, 0.1) is 11.3 Å². The van der Waals surface area contributed by atoms with Gasteiger partial charge in [0.25, 0.3) is 11.7 Å². The molecule has 0 aromatic heterocycles. The average Bonchev–Trinajstić information content (AvgIpc) is 2.32. The molecule has 1 saturated heterocycles. The fourth-order valence-corrected chi connectivity index (χ4v) is 2.10. The summed E-state index contributed by atoms with van der Waals surface area (Å²) in [5.74, 6) is -0.977. The zero-order valence-electron chi connectivity index (χ0n) is 7.56. The molecule has 0 bridgehead atoms. The van der Waals surface area contributed by atoms with E-state index in [2.05, 4.69) is 21.2 Å². The van der Waals surface area contributed by atoms with Gasteiger partial charge < -0.3 is 5.32 Å². The van der Waals surface area contributed by atoms with E-state index in [1.165, 1.54) is 0 Å². The van der Waals surface area contributed by atoms with Gasteiger partial charge in [-0.05, 0) is 23.1 Å². The van der Waals surface area contributed by atoms with E-state index in [0.29, 0.717) is 11.3 Å². The van der Waals surface area contributed by atoms with Gasteiger partial charge in [-0.15, -0.1) is 0 Å². The largest absolute Gasteiger partial charge is 0.318 e. The molecule has 1 aliphatic carbocycles. The van der Waals surface area contributed by atoms with Crippen molar-refractivity contribution in [2.75, 3.05) is 0 Å². The molecule has 0 atom stereocenters. The lowest BCUT2D eigenvalue weighted by Crippen LogP contribution is -2.18. The van der Waals surface area contributed by atoms with E-state index in [-0.39, 0.29) is 0 Å². The number of rotatable bonds is 0. The molecular formula is C10H8BrNO2. The molecule has 1 aliphatic heterocycles. The van der Waals surface area contributed by atoms with Crippen molar-refractivity contribution in [1.29, 1.82) is 0 Å². The van der Waals surface area contributed by atoms with Crippen LogP contribution in [0.5, 0.6) is 0 Å². The van der Waals surface area contributed by atoms with Gasteiger partial charge in [0.2, 0.25) is 0 Å². The number of carbonyl (C=O) groups excluding carboxylic acids is 2. The van der Waals surface area contributed by atoms with Crippen molar-refractivity contribution in [2.24, 2.45) is 0 Å². The van der Waals surface area contributed by atoms with E-state index < -0.39 is 11.7 Å². The predicted octanol–water partition coefficient (Wildman–Crippen LogP) is 1.57. The fourth-order valence-electron chi connectivity index (χ4n) is 1.54. The maximum Gasteiger partial charge on any atom is 0.296 e. The van der Waals surface area contributed by atoms with E-state index >= 15 is 0 Å². The second-order valence-corrected chi connectivity index (χ2v) is 4.33. The Kier molecular flexibility index (Phi) is 2.15. The van der Waals surface area contributed by atoms with E-state index in [1.54, 1.807) is 6.08 Å². The molecule has 0 aromatic carbocycles. The summed E-state index contributed by atoms with van der Waals surface area (Å²) < 4.78 is 1.01. The summed E-state index contributed by atoms with van der Waals surface area (Å²) >= 11 is 3.38. The average molecular weight is 254 g/mol. The van der Waals surface area contributed by atoms with E-state index in [9.17, 15) is 9.59 Å². The highest BCUT2D eigenvalue weighted by atomic mass is 79.9. The number of amides is 1. The highest BCUT2D eigenvalue weighted by Gasteiger charge is 2.32. The third-order valence-corrected chi connectivity index (χ3v) is 2.80. The molecule has 2 rings (SSSR count). The first-order valence-corrected chi connectivity index (χ1v) is 5.01. The zero-order chi connectivity index (χ0) is 10.3. The van der Waals surface area contributed by atoms with Gasteiger partial charge in [0.15, 0.2) is 0 Å². The lowest BCUT2D eigenvalue weighted by Gasteiger charge is -2.02. The van der Waals surface area contributed by atoms with Crippen LogP contribution in [0.1, 0.15) is 13.3 Å². The molecule has 72 valence electrons. The summed E-state index contributed by atoms with van der Waals surface area (Å²) in [4.78, 5) is 22.5. The molecule has 3 nitrogen and oxygen atoms in total. The lowest BCUT2D eigenvalue weighted by molar-refractivity contribution is -0.133. The molecule has 0 aromatic rings. The van der Waals surface area contributed by atoms with Crippen LogP contribution >= 0.6 is 15.9 Å². The molecule has 4 heteroatoms. The van der Waals surface area contributed by atoms with Gasteiger partial charge in [-0.2, -0.15) is 0 Å². The Morgan fingerprint density at radius 2 is 2.07 bits per heavy atom. The number of halogens is 1. The molecule has 1 fully saturated rings. The van der Waals surface area contributed by atoms with Crippen molar-refractivity contribution < 1.29 is 9.59 Å². The van der Waals surface area contributed by atoms with Crippen LogP contribution in [0.3, 0.4) is 0 Å². The van der Waals surface area contributed by atoms with Gasteiger partial charge in [0.1, 0.15) is 0 Å².